The maximum absolute atomic E-state index is 11.8. The summed E-state index contributed by atoms with van der Waals surface area (Å²) in [6, 6.07) is 7.65. The van der Waals surface area contributed by atoms with E-state index < -0.39 is 10.8 Å². The highest BCUT2D eigenvalue weighted by Gasteiger charge is 2.24. The van der Waals surface area contributed by atoms with Gasteiger partial charge in [0.25, 0.3) is 11.6 Å². The van der Waals surface area contributed by atoms with E-state index in [4.69, 9.17) is 5.26 Å². The summed E-state index contributed by atoms with van der Waals surface area (Å²) in [5.41, 5.74) is 0.682. The average Bonchev–Trinajstić information content (AvgIpc) is 2.50. The standard InChI is InChI=1S/C14H11N5O3/c1-2-16-18-12(9-14(20)17-13(18)6-7-15)10-4-3-5-11(8-10)19(21)22/h2-6,8-9H,1H3,(H,17,20)/b13-6+,16-2-. The maximum atomic E-state index is 11.8. The van der Waals surface area contributed by atoms with E-state index in [0.29, 0.717) is 11.3 Å². The molecule has 0 aliphatic carbocycles. The van der Waals surface area contributed by atoms with Crippen LogP contribution in [0.2, 0.25) is 0 Å². The highest BCUT2D eigenvalue weighted by atomic mass is 16.6. The highest BCUT2D eigenvalue weighted by molar-refractivity contribution is 5.98. The van der Waals surface area contributed by atoms with Gasteiger partial charge in [0.15, 0.2) is 0 Å². The van der Waals surface area contributed by atoms with Crippen molar-refractivity contribution in [2.75, 3.05) is 0 Å². The maximum Gasteiger partial charge on any atom is 0.270 e. The Morgan fingerprint density at radius 3 is 2.91 bits per heavy atom. The fourth-order valence-corrected chi connectivity index (χ4v) is 1.91. The van der Waals surface area contributed by atoms with Crippen LogP contribution < -0.4 is 5.32 Å². The molecule has 0 spiro atoms. The molecule has 1 aliphatic rings. The number of allylic oxidation sites excluding steroid dienone is 1. The van der Waals surface area contributed by atoms with Crippen LogP contribution in [-0.2, 0) is 4.79 Å². The van der Waals surface area contributed by atoms with Gasteiger partial charge in [-0.2, -0.15) is 10.4 Å². The number of carbonyl (C=O) groups excluding carboxylic acids is 1. The van der Waals surface area contributed by atoms with Gasteiger partial charge in [-0.25, -0.2) is 5.01 Å². The van der Waals surface area contributed by atoms with E-state index >= 15 is 0 Å². The van der Waals surface area contributed by atoms with Gasteiger partial charge in [-0.1, -0.05) is 12.1 Å². The number of amides is 1. The van der Waals surface area contributed by atoms with Crippen molar-refractivity contribution in [2.24, 2.45) is 5.10 Å². The van der Waals surface area contributed by atoms with Crippen molar-refractivity contribution in [2.45, 2.75) is 6.92 Å². The molecule has 1 N–H and O–H groups in total. The number of nitriles is 1. The first-order valence-electron chi connectivity index (χ1n) is 6.23. The summed E-state index contributed by atoms with van der Waals surface area (Å²) >= 11 is 0. The van der Waals surface area contributed by atoms with E-state index in [1.54, 1.807) is 13.0 Å². The average molecular weight is 297 g/mol. The van der Waals surface area contributed by atoms with Crippen molar-refractivity contribution in [3.05, 3.63) is 57.9 Å². The Morgan fingerprint density at radius 1 is 1.50 bits per heavy atom. The molecule has 0 saturated heterocycles. The highest BCUT2D eigenvalue weighted by Crippen LogP contribution is 2.28. The Bertz CT molecular complexity index is 758. The fraction of sp³-hybridized carbons (Fsp3) is 0.0714. The van der Waals surface area contributed by atoms with E-state index in [2.05, 4.69) is 10.4 Å². The Labute approximate surface area is 125 Å². The van der Waals surface area contributed by atoms with Gasteiger partial charge in [-0.05, 0) is 6.92 Å². The topological polar surface area (TPSA) is 112 Å². The molecule has 8 heteroatoms. The molecule has 110 valence electrons. The number of nitro benzene ring substituents is 1. The second-order valence-corrected chi connectivity index (χ2v) is 4.17. The predicted molar refractivity (Wildman–Crippen MR) is 78.9 cm³/mol. The number of carbonyl (C=O) groups is 1. The third-order valence-corrected chi connectivity index (χ3v) is 2.76. The number of non-ortho nitro benzene ring substituents is 1. The van der Waals surface area contributed by atoms with Crippen molar-refractivity contribution in [1.82, 2.24) is 10.3 Å². The molecule has 8 nitrogen and oxygen atoms in total. The number of nitrogens with zero attached hydrogens (tertiary/aromatic N) is 4. The third kappa shape index (κ3) is 2.99. The SMILES string of the molecule is C/C=N\N1C(c2cccc([N+](=O)[O-])c2)=CC(=O)N/C1=C\C#N. The smallest absolute Gasteiger partial charge is 0.270 e. The van der Waals surface area contributed by atoms with Gasteiger partial charge < -0.3 is 5.32 Å². The first-order valence-corrected chi connectivity index (χ1v) is 6.23. The van der Waals surface area contributed by atoms with Gasteiger partial charge in [0.1, 0.15) is 5.82 Å². The van der Waals surface area contributed by atoms with Crippen LogP contribution in [0.15, 0.2) is 47.3 Å². The molecule has 1 aromatic carbocycles. The molecule has 0 bridgehead atoms. The van der Waals surface area contributed by atoms with Gasteiger partial charge in [0, 0.05) is 30.0 Å². The zero-order chi connectivity index (χ0) is 16.1. The molecule has 1 aliphatic heterocycles. The first-order chi connectivity index (χ1) is 10.6. The molecule has 1 heterocycles. The summed E-state index contributed by atoms with van der Waals surface area (Å²) in [5, 5.41) is 27.6. The Morgan fingerprint density at radius 2 is 2.27 bits per heavy atom. The Hall–Kier alpha value is -3.47. The van der Waals surface area contributed by atoms with Crippen molar-refractivity contribution in [1.29, 1.82) is 5.26 Å². The van der Waals surface area contributed by atoms with Crippen molar-refractivity contribution >= 4 is 23.5 Å². The van der Waals surface area contributed by atoms with Crippen LogP contribution in [0.4, 0.5) is 5.69 Å². The minimum absolute atomic E-state index is 0.101. The predicted octanol–water partition coefficient (Wildman–Crippen LogP) is 1.74. The monoisotopic (exact) mass is 297 g/mol. The summed E-state index contributed by atoms with van der Waals surface area (Å²) in [6.07, 6.45) is 3.88. The quantitative estimate of drug-likeness (QED) is 0.395. The van der Waals surface area contributed by atoms with Crippen molar-refractivity contribution in [3.63, 3.8) is 0 Å². The molecule has 22 heavy (non-hydrogen) atoms. The van der Waals surface area contributed by atoms with Gasteiger partial charge in [0.05, 0.1) is 22.8 Å². The molecule has 2 rings (SSSR count). The number of hydrogen-bond acceptors (Lipinski definition) is 6. The lowest BCUT2D eigenvalue weighted by molar-refractivity contribution is -0.384. The summed E-state index contributed by atoms with van der Waals surface area (Å²) in [7, 11) is 0. The first kappa shape index (κ1) is 14.9. The van der Waals surface area contributed by atoms with Gasteiger partial charge in [0.2, 0.25) is 0 Å². The molecular formula is C14H11N5O3. The number of nitro groups is 1. The van der Waals surface area contributed by atoms with Crippen LogP contribution >= 0.6 is 0 Å². The number of nitrogens with one attached hydrogen (secondary N) is 1. The van der Waals surface area contributed by atoms with Crippen LogP contribution in [0.25, 0.3) is 5.70 Å². The van der Waals surface area contributed by atoms with E-state index in [0.717, 1.165) is 6.08 Å². The molecule has 0 atom stereocenters. The van der Waals surface area contributed by atoms with Gasteiger partial charge >= 0.3 is 0 Å². The molecule has 0 fully saturated rings. The van der Waals surface area contributed by atoms with Crippen LogP contribution in [0.1, 0.15) is 12.5 Å². The summed E-state index contributed by atoms with van der Waals surface area (Å²) < 4.78 is 0. The second-order valence-electron chi connectivity index (χ2n) is 4.17. The molecule has 0 saturated carbocycles. The van der Waals surface area contributed by atoms with Gasteiger partial charge in [-0.3, -0.25) is 14.9 Å². The van der Waals surface area contributed by atoms with Crippen molar-refractivity contribution < 1.29 is 9.72 Å². The molecule has 0 aromatic heterocycles. The number of benzene rings is 1. The molecule has 1 amide bonds. The van der Waals surface area contributed by atoms with E-state index in [1.165, 1.54) is 35.5 Å². The lowest BCUT2D eigenvalue weighted by Crippen LogP contribution is -2.35. The number of hydrazone groups is 1. The molecular weight excluding hydrogens is 286 g/mol. The number of hydrogen-bond donors (Lipinski definition) is 1. The zero-order valence-corrected chi connectivity index (χ0v) is 11.6. The zero-order valence-electron chi connectivity index (χ0n) is 11.6. The number of rotatable bonds is 3. The van der Waals surface area contributed by atoms with Crippen LogP contribution in [0.3, 0.4) is 0 Å². The van der Waals surface area contributed by atoms with Crippen LogP contribution in [-0.4, -0.2) is 22.1 Å². The lowest BCUT2D eigenvalue weighted by atomic mass is 10.1. The van der Waals surface area contributed by atoms with Gasteiger partial charge in [-0.15, -0.1) is 0 Å². The lowest BCUT2D eigenvalue weighted by Gasteiger charge is -2.27. The molecule has 0 unspecified atom stereocenters. The van der Waals surface area contributed by atoms with E-state index in [1.807, 2.05) is 6.07 Å². The van der Waals surface area contributed by atoms with Crippen molar-refractivity contribution in [3.8, 4) is 6.07 Å². The Kier molecular flexibility index (Phi) is 4.29. The van der Waals surface area contributed by atoms with Crippen LogP contribution in [0.5, 0.6) is 0 Å². The minimum atomic E-state index is -0.521. The summed E-state index contributed by atoms with van der Waals surface area (Å²) in [5.74, 6) is -0.264. The van der Waals surface area contributed by atoms with Crippen LogP contribution in [0, 0.1) is 21.4 Å². The summed E-state index contributed by atoms with van der Waals surface area (Å²) in [6.45, 7) is 1.67. The summed E-state index contributed by atoms with van der Waals surface area (Å²) in [4.78, 5) is 22.1. The van der Waals surface area contributed by atoms with E-state index in [-0.39, 0.29) is 11.5 Å². The van der Waals surface area contributed by atoms with E-state index in [9.17, 15) is 14.9 Å². The minimum Gasteiger partial charge on any atom is -0.306 e. The third-order valence-electron chi connectivity index (χ3n) is 2.76. The molecule has 0 radical (unpaired) electrons. The largest absolute Gasteiger partial charge is 0.306 e. The Balaban J connectivity index is 2.57. The fourth-order valence-electron chi connectivity index (χ4n) is 1.91. The molecule has 1 aromatic rings. The normalized spacial score (nSPS) is 16.4. The second kappa shape index (κ2) is 6.32.